The van der Waals surface area contributed by atoms with Crippen LogP contribution in [-0.4, -0.2) is 58.4 Å². The zero-order valence-corrected chi connectivity index (χ0v) is 13.1. The maximum atomic E-state index is 12.4. The first-order valence-electron chi connectivity index (χ1n) is 6.68. The molecule has 2 unspecified atom stereocenters. The summed E-state index contributed by atoms with van der Waals surface area (Å²) >= 11 is 0. The molecule has 2 aliphatic heterocycles. The number of carbonyl (C=O) groups is 2. The van der Waals surface area contributed by atoms with Crippen molar-refractivity contribution in [1.82, 2.24) is 19.7 Å². The first kappa shape index (κ1) is 15.7. The van der Waals surface area contributed by atoms with E-state index in [4.69, 9.17) is 9.29 Å². The van der Waals surface area contributed by atoms with Crippen molar-refractivity contribution in [2.75, 3.05) is 13.7 Å². The van der Waals surface area contributed by atoms with Gasteiger partial charge >= 0.3 is 22.4 Å². The Balaban J connectivity index is 2.12. The molecule has 11 nitrogen and oxygen atoms in total. The molecule has 12 heteroatoms. The van der Waals surface area contributed by atoms with Crippen molar-refractivity contribution in [2.45, 2.75) is 25.6 Å². The summed E-state index contributed by atoms with van der Waals surface area (Å²) < 4.78 is 41.5. The molecule has 1 saturated heterocycles. The van der Waals surface area contributed by atoms with Crippen molar-refractivity contribution in [3.8, 4) is 0 Å². The lowest BCUT2D eigenvalue weighted by Crippen LogP contribution is -2.40. The summed E-state index contributed by atoms with van der Waals surface area (Å²) in [4.78, 5) is 25.6. The van der Waals surface area contributed by atoms with Gasteiger partial charge in [-0.15, -0.1) is 4.28 Å². The predicted octanol–water partition coefficient (Wildman–Crippen LogP) is -0.356. The first-order chi connectivity index (χ1) is 10.8. The summed E-state index contributed by atoms with van der Waals surface area (Å²) in [7, 11) is -3.70. The number of nitrogens with zero attached hydrogens (tertiary/aromatic N) is 4. The van der Waals surface area contributed by atoms with Crippen LogP contribution in [0.1, 0.15) is 30.3 Å². The maximum absolute atomic E-state index is 12.4. The number of hydrogen-bond acceptors (Lipinski definition) is 7. The number of carbonyl (C=O) groups excluding carboxylic acids is 2. The first-order valence-corrected chi connectivity index (χ1v) is 8.05. The topological polar surface area (TPSA) is 131 Å². The molecule has 3 rings (SSSR count). The van der Waals surface area contributed by atoms with E-state index in [2.05, 4.69) is 9.38 Å². The Bertz CT molecular complexity index is 773. The second-order valence-corrected chi connectivity index (χ2v) is 6.01. The Labute approximate surface area is 131 Å². The molecular formula is C11H14N4O7S. The van der Waals surface area contributed by atoms with Crippen LogP contribution in [-0.2, 0) is 30.8 Å². The summed E-state index contributed by atoms with van der Waals surface area (Å²) in [5.41, 5.74) is 0.901. The molecule has 23 heavy (non-hydrogen) atoms. The highest BCUT2D eigenvalue weighted by atomic mass is 32.3. The number of esters is 1. The Morgan fingerprint density at radius 2 is 2.22 bits per heavy atom. The average Bonchev–Trinajstić information content (AvgIpc) is 3.02. The average molecular weight is 346 g/mol. The third kappa shape index (κ3) is 2.34. The zero-order valence-electron chi connectivity index (χ0n) is 12.2. The van der Waals surface area contributed by atoms with E-state index in [-0.39, 0.29) is 6.54 Å². The normalized spacial score (nSPS) is 23.2. The molecule has 0 aromatic carbocycles. The number of hydrogen-bond donors (Lipinski definition) is 1. The van der Waals surface area contributed by atoms with Crippen molar-refractivity contribution < 1.29 is 31.6 Å². The number of aromatic nitrogens is 2. The Morgan fingerprint density at radius 3 is 2.78 bits per heavy atom. The number of aryl methyl sites for hydroxylation is 1. The van der Waals surface area contributed by atoms with Crippen LogP contribution in [0.5, 0.6) is 0 Å². The van der Waals surface area contributed by atoms with Crippen molar-refractivity contribution in [1.29, 1.82) is 0 Å². The molecule has 1 aromatic heterocycles. The van der Waals surface area contributed by atoms with Crippen molar-refractivity contribution >= 4 is 22.4 Å². The second-order valence-electron chi connectivity index (χ2n) is 5.01. The third-order valence-electron chi connectivity index (χ3n) is 3.83. The molecular weight excluding hydrogens is 332 g/mol. The van der Waals surface area contributed by atoms with E-state index in [0.29, 0.717) is 22.9 Å². The van der Waals surface area contributed by atoms with Gasteiger partial charge in [-0.2, -0.15) is 18.6 Å². The summed E-state index contributed by atoms with van der Waals surface area (Å²) in [5.74, 6) is -0.679. The lowest BCUT2D eigenvalue weighted by Gasteiger charge is -2.29. The van der Waals surface area contributed by atoms with Gasteiger partial charge in [0.2, 0.25) is 0 Å². The molecule has 3 heterocycles. The molecule has 2 atom stereocenters. The predicted molar refractivity (Wildman–Crippen MR) is 72.0 cm³/mol. The molecule has 1 N–H and O–H groups in total. The minimum Gasteiger partial charge on any atom is -0.467 e. The number of ether oxygens (including phenoxy) is 1. The van der Waals surface area contributed by atoms with E-state index in [1.54, 1.807) is 0 Å². The van der Waals surface area contributed by atoms with Gasteiger partial charge in [-0.25, -0.2) is 9.59 Å². The number of rotatable bonds is 4. The smallest absolute Gasteiger partial charge is 0.418 e. The summed E-state index contributed by atoms with van der Waals surface area (Å²) in [6.45, 7) is 2.26. The molecule has 2 aliphatic rings. The van der Waals surface area contributed by atoms with Crippen molar-refractivity contribution in [3.63, 3.8) is 0 Å². The molecule has 0 saturated carbocycles. The van der Waals surface area contributed by atoms with Crippen LogP contribution in [0.15, 0.2) is 6.20 Å². The van der Waals surface area contributed by atoms with Gasteiger partial charge in [0.25, 0.3) is 0 Å². The standard InChI is InChI=1S/C11H14N4O7S/c1-3-14-8-6(4-12-14)7-5-13(9(8)10(16)21-2)11(17)15(7)22-23(18,19)20/h4,7,9H,3,5H2,1-2H3,(H,18,19,20). The van der Waals surface area contributed by atoms with E-state index in [1.165, 1.54) is 18.0 Å². The van der Waals surface area contributed by atoms with Gasteiger partial charge in [0.05, 0.1) is 25.5 Å². The molecule has 2 amide bonds. The maximum Gasteiger partial charge on any atom is 0.418 e. The van der Waals surface area contributed by atoms with Crippen LogP contribution in [0.2, 0.25) is 0 Å². The molecule has 0 spiro atoms. The number of amides is 2. The highest BCUT2D eigenvalue weighted by molar-refractivity contribution is 7.80. The minimum absolute atomic E-state index is 0.0104. The number of fused-ring (bicyclic) bond motifs is 4. The molecule has 1 fully saturated rings. The third-order valence-corrected chi connectivity index (χ3v) is 4.17. The quantitative estimate of drug-likeness (QED) is 0.578. The lowest BCUT2D eigenvalue weighted by molar-refractivity contribution is -0.146. The van der Waals surface area contributed by atoms with Crippen LogP contribution in [0.3, 0.4) is 0 Å². The summed E-state index contributed by atoms with van der Waals surface area (Å²) in [6, 6.07) is -2.72. The van der Waals surface area contributed by atoms with Crippen molar-refractivity contribution in [3.05, 3.63) is 17.5 Å². The van der Waals surface area contributed by atoms with E-state index >= 15 is 0 Å². The van der Waals surface area contributed by atoms with Crippen LogP contribution < -0.4 is 0 Å². The molecule has 2 bridgehead atoms. The van der Waals surface area contributed by atoms with Gasteiger partial charge in [0.1, 0.15) is 6.04 Å². The number of urea groups is 1. The highest BCUT2D eigenvalue weighted by Crippen LogP contribution is 2.44. The van der Waals surface area contributed by atoms with Crippen LogP contribution in [0, 0.1) is 0 Å². The Hall–Kier alpha value is -2.18. The van der Waals surface area contributed by atoms with E-state index in [9.17, 15) is 18.0 Å². The van der Waals surface area contributed by atoms with Gasteiger partial charge in [-0.1, -0.05) is 0 Å². The molecule has 0 radical (unpaired) electrons. The number of hydroxylamine groups is 2. The summed E-state index contributed by atoms with van der Waals surface area (Å²) in [5, 5.41) is 4.66. The highest BCUT2D eigenvalue weighted by Gasteiger charge is 2.54. The fourth-order valence-corrected chi connectivity index (χ4v) is 3.31. The van der Waals surface area contributed by atoms with Gasteiger partial charge in [0.15, 0.2) is 6.04 Å². The Kier molecular flexibility index (Phi) is 3.54. The van der Waals surface area contributed by atoms with E-state index in [0.717, 1.165) is 4.90 Å². The van der Waals surface area contributed by atoms with Crippen LogP contribution in [0.4, 0.5) is 4.79 Å². The fraction of sp³-hybridized carbons (Fsp3) is 0.545. The number of methoxy groups -OCH3 is 1. The van der Waals surface area contributed by atoms with Crippen LogP contribution >= 0.6 is 0 Å². The van der Waals surface area contributed by atoms with Gasteiger partial charge in [0, 0.05) is 12.1 Å². The van der Waals surface area contributed by atoms with Gasteiger partial charge in [-0.3, -0.25) is 9.23 Å². The molecule has 126 valence electrons. The molecule has 0 aliphatic carbocycles. The van der Waals surface area contributed by atoms with Gasteiger partial charge in [-0.05, 0) is 6.92 Å². The zero-order chi connectivity index (χ0) is 16.9. The lowest BCUT2D eigenvalue weighted by atomic mass is 9.98. The van der Waals surface area contributed by atoms with Crippen LogP contribution in [0.25, 0.3) is 0 Å². The van der Waals surface area contributed by atoms with E-state index in [1.807, 2.05) is 6.92 Å². The Morgan fingerprint density at radius 1 is 1.52 bits per heavy atom. The second kappa shape index (κ2) is 5.18. The van der Waals surface area contributed by atoms with Gasteiger partial charge < -0.3 is 9.64 Å². The van der Waals surface area contributed by atoms with E-state index < -0.39 is 34.5 Å². The minimum atomic E-state index is -4.89. The monoisotopic (exact) mass is 346 g/mol. The summed E-state index contributed by atoms with van der Waals surface area (Å²) in [6.07, 6.45) is 1.44. The molecule has 1 aromatic rings. The largest absolute Gasteiger partial charge is 0.467 e. The fourth-order valence-electron chi connectivity index (χ4n) is 2.94. The van der Waals surface area contributed by atoms with Crippen molar-refractivity contribution in [2.24, 2.45) is 0 Å². The SMILES string of the molecule is CCn1ncc2c1C(C(=O)OC)N1CC2N(OS(=O)(=O)O)C1=O.